The molecule has 0 aromatic carbocycles. The Bertz CT molecular complexity index is 543. The zero-order valence-electron chi connectivity index (χ0n) is 10.1. The van der Waals surface area contributed by atoms with E-state index in [1.165, 1.54) is 0 Å². The summed E-state index contributed by atoms with van der Waals surface area (Å²) < 4.78 is 82.0. The largest absolute Gasteiger partial charge is 0.573 e. The molecule has 0 amide bonds. The van der Waals surface area contributed by atoms with Gasteiger partial charge in [0.05, 0.1) is 19.2 Å². The molecule has 0 unspecified atom stereocenters. The molecule has 4 nitrogen and oxygen atoms in total. The zero-order chi connectivity index (χ0) is 16.4. The van der Waals surface area contributed by atoms with Crippen LogP contribution >= 0.6 is 11.6 Å². The molecular weight excluding hydrogens is 332 g/mol. The van der Waals surface area contributed by atoms with Gasteiger partial charge in [-0.3, -0.25) is 4.79 Å². The molecule has 0 fully saturated rings. The number of hydrogen-bond acceptors (Lipinski definition) is 4. The fourth-order valence-corrected chi connectivity index (χ4v) is 1.50. The fourth-order valence-electron chi connectivity index (χ4n) is 1.25. The predicted octanol–water partition coefficient (Wildman–Crippen LogP) is 3.37. The maximum absolute atomic E-state index is 12.7. The highest BCUT2D eigenvalue weighted by molar-refractivity contribution is 6.32. The number of aromatic nitrogens is 1. The molecule has 0 aliphatic rings. The van der Waals surface area contributed by atoms with Gasteiger partial charge in [0.2, 0.25) is 0 Å². The topological polar surface area (TPSA) is 48.4 Å². The second-order valence-corrected chi connectivity index (χ2v) is 3.95. The quantitative estimate of drug-likeness (QED) is 0.627. The average molecular weight is 338 g/mol. The monoisotopic (exact) mass is 337 g/mol. The Morgan fingerprint density at radius 3 is 2.29 bits per heavy atom. The number of ether oxygens (including phenoxy) is 2. The third-order valence-corrected chi connectivity index (χ3v) is 2.39. The SMILES string of the molecule is COC(=O)Cc1cc(OC(F)(F)F)c(Cl)c(C(F)(F)F)n1. The van der Waals surface area contributed by atoms with Gasteiger partial charge in [-0.2, -0.15) is 13.2 Å². The molecule has 11 heteroatoms. The van der Waals surface area contributed by atoms with Crippen LogP contribution in [0.4, 0.5) is 26.3 Å². The maximum Gasteiger partial charge on any atom is 0.573 e. The smallest absolute Gasteiger partial charge is 0.469 e. The molecule has 0 spiro atoms. The fraction of sp³-hybridized carbons (Fsp3) is 0.400. The Morgan fingerprint density at radius 2 is 1.86 bits per heavy atom. The van der Waals surface area contributed by atoms with Crippen LogP contribution in [0.2, 0.25) is 5.02 Å². The summed E-state index contributed by atoms with van der Waals surface area (Å²) in [6.07, 6.45) is -11.1. The normalized spacial score (nSPS) is 12.2. The molecule has 0 atom stereocenters. The van der Waals surface area contributed by atoms with Gasteiger partial charge < -0.3 is 9.47 Å². The van der Waals surface area contributed by atoms with Gasteiger partial charge in [-0.25, -0.2) is 4.98 Å². The first kappa shape index (κ1) is 17.3. The molecule has 0 aliphatic carbocycles. The van der Waals surface area contributed by atoms with Crippen LogP contribution in [0.5, 0.6) is 5.75 Å². The second kappa shape index (κ2) is 5.96. The van der Waals surface area contributed by atoms with E-state index < -0.39 is 47.1 Å². The first-order valence-corrected chi connectivity index (χ1v) is 5.41. The third kappa shape index (κ3) is 4.96. The number of nitrogens with zero attached hydrogens (tertiary/aromatic N) is 1. The van der Waals surface area contributed by atoms with Crippen molar-refractivity contribution in [3.63, 3.8) is 0 Å². The van der Waals surface area contributed by atoms with Crippen molar-refractivity contribution in [1.29, 1.82) is 0 Å². The lowest BCUT2D eigenvalue weighted by atomic mass is 10.2. The number of carbonyl (C=O) groups is 1. The van der Waals surface area contributed by atoms with E-state index in [-0.39, 0.29) is 0 Å². The molecule has 118 valence electrons. The number of methoxy groups -OCH3 is 1. The highest BCUT2D eigenvalue weighted by Crippen LogP contribution is 2.40. The van der Waals surface area contributed by atoms with Crippen molar-refractivity contribution >= 4 is 17.6 Å². The van der Waals surface area contributed by atoms with E-state index in [1.54, 1.807) is 0 Å². The molecule has 1 heterocycles. The molecule has 0 saturated carbocycles. The minimum absolute atomic E-state index is 0.488. The van der Waals surface area contributed by atoms with Crippen molar-refractivity contribution in [2.24, 2.45) is 0 Å². The Morgan fingerprint density at radius 1 is 1.29 bits per heavy atom. The average Bonchev–Trinajstić information content (AvgIpc) is 2.29. The summed E-state index contributed by atoms with van der Waals surface area (Å²) in [6, 6.07) is 0.488. The van der Waals surface area contributed by atoms with Crippen molar-refractivity contribution < 1.29 is 40.6 Å². The number of pyridine rings is 1. The predicted molar refractivity (Wildman–Crippen MR) is 56.7 cm³/mol. The van der Waals surface area contributed by atoms with Gasteiger partial charge >= 0.3 is 18.5 Å². The van der Waals surface area contributed by atoms with Crippen LogP contribution in [0.3, 0.4) is 0 Å². The Labute approximate surface area is 118 Å². The lowest BCUT2D eigenvalue weighted by molar-refractivity contribution is -0.274. The number of carbonyl (C=O) groups excluding carboxylic acids is 1. The van der Waals surface area contributed by atoms with E-state index >= 15 is 0 Å². The summed E-state index contributed by atoms with van der Waals surface area (Å²) in [5.41, 5.74) is -2.41. The molecule has 0 radical (unpaired) electrons. The molecular formula is C10H6ClF6NO3. The molecule has 0 aliphatic heterocycles. The van der Waals surface area contributed by atoms with Crippen LogP contribution in [0.25, 0.3) is 0 Å². The van der Waals surface area contributed by atoms with Crippen molar-refractivity contribution in [1.82, 2.24) is 4.98 Å². The summed E-state index contributed by atoms with van der Waals surface area (Å²) in [5, 5.41) is -1.35. The first-order valence-electron chi connectivity index (χ1n) is 5.03. The van der Waals surface area contributed by atoms with Gasteiger partial charge in [0.1, 0.15) is 5.02 Å². The summed E-state index contributed by atoms with van der Waals surface area (Å²) >= 11 is 5.22. The van der Waals surface area contributed by atoms with E-state index in [0.29, 0.717) is 6.07 Å². The molecule has 1 aromatic rings. The van der Waals surface area contributed by atoms with Crippen molar-refractivity contribution in [2.75, 3.05) is 7.11 Å². The van der Waals surface area contributed by atoms with Crippen LogP contribution < -0.4 is 4.74 Å². The minimum atomic E-state index is -5.25. The van der Waals surface area contributed by atoms with Gasteiger partial charge in [-0.1, -0.05) is 11.6 Å². The Kier molecular flexibility index (Phi) is 4.92. The van der Waals surface area contributed by atoms with Crippen LogP contribution in [-0.4, -0.2) is 24.4 Å². The zero-order valence-corrected chi connectivity index (χ0v) is 10.9. The first-order chi connectivity index (χ1) is 9.44. The Balaban J connectivity index is 3.35. The number of rotatable bonds is 3. The molecule has 1 aromatic heterocycles. The number of hydrogen-bond donors (Lipinski definition) is 0. The lowest BCUT2D eigenvalue weighted by Crippen LogP contribution is -2.20. The summed E-state index contributed by atoms with van der Waals surface area (Å²) in [5.74, 6) is -2.29. The molecule has 1 rings (SSSR count). The second-order valence-electron chi connectivity index (χ2n) is 3.57. The van der Waals surface area contributed by atoms with Crippen molar-refractivity contribution in [3.8, 4) is 5.75 Å². The van der Waals surface area contributed by atoms with E-state index in [2.05, 4.69) is 14.5 Å². The number of alkyl halides is 6. The Hall–Kier alpha value is -1.71. The summed E-state index contributed by atoms with van der Waals surface area (Å²) in [6.45, 7) is 0. The highest BCUT2D eigenvalue weighted by Gasteiger charge is 2.40. The van der Waals surface area contributed by atoms with E-state index in [9.17, 15) is 31.1 Å². The lowest BCUT2D eigenvalue weighted by Gasteiger charge is -2.15. The molecule has 0 saturated heterocycles. The van der Waals surface area contributed by atoms with Crippen molar-refractivity contribution in [2.45, 2.75) is 19.0 Å². The third-order valence-electron chi connectivity index (χ3n) is 2.02. The minimum Gasteiger partial charge on any atom is -0.469 e. The van der Waals surface area contributed by atoms with Gasteiger partial charge in [-0.15, -0.1) is 13.2 Å². The van der Waals surface area contributed by atoms with Crippen LogP contribution in [-0.2, 0) is 22.1 Å². The van der Waals surface area contributed by atoms with E-state index in [0.717, 1.165) is 7.11 Å². The maximum atomic E-state index is 12.7. The summed E-state index contributed by atoms with van der Waals surface area (Å²) in [7, 11) is 0.954. The van der Waals surface area contributed by atoms with Gasteiger partial charge in [0.25, 0.3) is 0 Å². The van der Waals surface area contributed by atoms with Gasteiger partial charge in [0.15, 0.2) is 11.4 Å². The number of halogens is 7. The summed E-state index contributed by atoms with van der Waals surface area (Å²) in [4.78, 5) is 14.0. The molecule has 21 heavy (non-hydrogen) atoms. The van der Waals surface area contributed by atoms with Crippen LogP contribution in [0, 0.1) is 0 Å². The highest BCUT2D eigenvalue weighted by atomic mass is 35.5. The van der Waals surface area contributed by atoms with Crippen LogP contribution in [0.15, 0.2) is 6.07 Å². The molecule has 0 N–H and O–H groups in total. The van der Waals surface area contributed by atoms with Crippen molar-refractivity contribution in [3.05, 3.63) is 22.5 Å². The molecule has 0 bridgehead atoms. The van der Waals surface area contributed by atoms with Gasteiger partial charge in [0, 0.05) is 6.07 Å². The standard InChI is InChI=1S/C10H6ClF6NO3/c1-20-6(19)3-4-2-5(21-10(15,16)17)7(11)8(18-4)9(12,13)14/h2H,3H2,1H3. The van der Waals surface area contributed by atoms with Gasteiger partial charge in [-0.05, 0) is 0 Å². The van der Waals surface area contributed by atoms with Crippen LogP contribution in [0.1, 0.15) is 11.4 Å². The van der Waals surface area contributed by atoms with E-state index in [1.807, 2.05) is 0 Å². The number of esters is 1. The van der Waals surface area contributed by atoms with E-state index in [4.69, 9.17) is 11.6 Å².